The summed E-state index contributed by atoms with van der Waals surface area (Å²) < 4.78 is 13.8. The van der Waals surface area contributed by atoms with Crippen LogP contribution in [-0.2, 0) is 0 Å². The first-order chi connectivity index (χ1) is 7.57. The van der Waals surface area contributed by atoms with E-state index in [-0.39, 0.29) is 11.9 Å². The molecular formula is C13H21FN2. The lowest BCUT2D eigenvalue weighted by molar-refractivity contribution is 0.613. The molecule has 0 saturated heterocycles. The smallest absolute Gasteiger partial charge is 0.146 e. The fourth-order valence-electron chi connectivity index (χ4n) is 1.81. The Kier molecular flexibility index (Phi) is 4.74. The third-order valence-corrected chi connectivity index (χ3v) is 2.74. The van der Waals surface area contributed by atoms with Gasteiger partial charge in [0.1, 0.15) is 5.82 Å². The molecule has 0 aliphatic carbocycles. The van der Waals surface area contributed by atoms with Gasteiger partial charge in [-0.3, -0.25) is 0 Å². The van der Waals surface area contributed by atoms with Gasteiger partial charge in [-0.15, -0.1) is 0 Å². The Morgan fingerprint density at radius 3 is 2.69 bits per heavy atom. The minimum Gasteiger partial charge on any atom is -0.372 e. The fraction of sp³-hybridized carbons (Fsp3) is 0.538. The predicted octanol–water partition coefficient (Wildman–Crippen LogP) is 3.08. The maximum atomic E-state index is 13.8. The Bertz CT molecular complexity index is 337. The third-order valence-electron chi connectivity index (χ3n) is 2.74. The molecule has 0 heterocycles. The van der Waals surface area contributed by atoms with E-state index in [1.165, 1.54) is 6.07 Å². The second kappa shape index (κ2) is 5.85. The fourth-order valence-corrected chi connectivity index (χ4v) is 1.81. The molecule has 1 rings (SSSR count). The Morgan fingerprint density at radius 2 is 2.12 bits per heavy atom. The van der Waals surface area contributed by atoms with Crippen molar-refractivity contribution in [3.05, 3.63) is 29.6 Å². The van der Waals surface area contributed by atoms with Gasteiger partial charge in [0.2, 0.25) is 0 Å². The maximum absolute atomic E-state index is 13.8. The zero-order valence-corrected chi connectivity index (χ0v) is 10.3. The van der Waals surface area contributed by atoms with Gasteiger partial charge < -0.3 is 10.6 Å². The Balaban J connectivity index is 3.00. The zero-order valence-electron chi connectivity index (χ0n) is 10.3. The van der Waals surface area contributed by atoms with Crippen molar-refractivity contribution in [3.8, 4) is 0 Å². The minimum atomic E-state index is -0.187. The van der Waals surface area contributed by atoms with Crippen molar-refractivity contribution >= 4 is 5.69 Å². The first-order valence-corrected chi connectivity index (χ1v) is 5.83. The first kappa shape index (κ1) is 13.0. The van der Waals surface area contributed by atoms with Crippen molar-refractivity contribution in [2.24, 2.45) is 5.73 Å². The van der Waals surface area contributed by atoms with E-state index in [4.69, 9.17) is 5.73 Å². The van der Waals surface area contributed by atoms with Crippen molar-refractivity contribution in [3.63, 3.8) is 0 Å². The van der Waals surface area contributed by atoms with E-state index in [0.717, 1.165) is 24.9 Å². The molecule has 2 N–H and O–H groups in total. The molecule has 0 bridgehead atoms. The van der Waals surface area contributed by atoms with Gasteiger partial charge in [0.05, 0.1) is 5.69 Å². The van der Waals surface area contributed by atoms with Crippen LogP contribution >= 0.6 is 0 Å². The van der Waals surface area contributed by atoms with E-state index in [9.17, 15) is 4.39 Å². The van der Waals surface area contributed by atoms with Gasteiger partial charge in [-0.25, -0.2) is 4.39 Å². The maximum Gasteiger partial charge on any atom is 0.146 e. The Morgan fingerprint density at radius 1 is 1.44 bits per heavy atom. The van der Waals surface area contributed by atoms with E-state index in [1.54, 1.807) is 6.07 Å². The molecule has 1 aromatic carbocycles. The molecule has 0 spiro atoms. The monoisotopic (exact) mass is 224 g/mol. The first-order valence-electron chi connectivity index (χ1n) is 5.83. The van der Waals surface area contributed by atoms with Crippen LogP contribution in [-0.4, -0.2) is 13.6 Å². The topological polar surface area (TPSA) is 29.3 Å². The number of para-hydroxylation sites is 1. The third kappa shape index (κ3) is 2.95. The summed E-state index contributed by atoms with van der Waals surface area (Å²) in [5.41, 5.74) is 7.37. The van der Waals surface area contributed by atoms with Crippen LogP contribution in [0.1, 0.15) is 38.3 Å². The van der Waals surface area contributed by atoms with Gasteiger partial charge in [-0.2, -0.15) is 0 Å². The van der Waals surface area contributed by atoms with Crippen LogP contribution in [0, 0.1) is 5.82 Å². The summed E-state index contributed by atoms with van der Waals surface area (Å²) in [4.78, 5) is 1.96. The lowest BCUT2D eigenvalue weighted by atomic mass is 10.1. The molecule has 0 aliphatic rings. The average molecular weight is 224 g/mol. The molecule has 0 saturated carbocycles. The molecular weight excluding hydrogens is 203 g/mol. The number of rotatable bonds is 5. The summed E-state index contributed by atoms with van der Waals surface area (Å²) >= 11 is 0. The van der Waals surface area contributed by atoms with Crippen LogP contribution in [0.2, 0.25) is 0 Å². The van der Waals surface area contributed by atoms with Crippen LogP contribution in [0.4, 0.5) is 10.1 Å². The van der Waals surface area contributed by atoms with Crippen LogP contribution in [0.5, 0.6) is 0 Å². The molecule has 0 unspecified atom stereocenters. The number of hydrogen-bond acceptors (Lipinski definition) is 2. The van der Waals surface area contributed by atoms with E-state index in [2.05, 4.69) is 6.92 Å². The standard InChI is InChI=1S/C13H21FN2/c1-4-5-9-16(3)13-11(10(2)15)7-6-8-12(13)14/h6-8,10H,4-5,9,15H2,1-3H3/t10-/m0/s1. The van der Waals surface area contributed by atoms with Gasteiger partial charge in [-0.1, -0.05) is 25.5 Å². The number of nitrogens with two attached hydrogens (primary N) is 1. The molecule has 0 aromatic heterocycles. The lowest BCUT2D eigenvalue weighted by Crippen LogP contribution is -2.23. The van der Waals surface area contributed by atoms with Crippen molar-refractivity contribution in [2.45, 2.75) is 32.7 Å². The molecule has 0 aliphatic heterocycles. The van der Waals surface area contributed by atoms with E-state index >= 15 is 0 Å². The zero-order chi connectivity index (χ0) is 12.1. The summed E-state index contributed by atoms with van der Waals surface area (Å²) in [6.07, 6.45) is 2.16. The highest BCUT2D eigenvalue weighted by Crippen LogP contribution is 2.27. The Hall–Kier alpha value is -1.09. The molecule has 1 atom stereocenters. The molecule has 1 aromatic rings. The van der Waals surface area contributed by atoms with E-state index in [1.807, 2.05) is 24.9 Å². The summed E-state index contributed by atoms with van der Waals surface area (Å²) in [5, 5.41) is 0. The molecule has 90 valence electrons. The number of unbranched alkanes of at least 4 members (excludes halogenated alkanes) is 1. The predicted molar refractivity (Wildman–Crippen MR) is 67.2 cm³/mol. The number of benzene rings is 1. The highest BCUT2D eigenvalue weighted by molar-refractivity contribution is 5.55. The highest BCUT2D eigenvalue weighted by atomic mass is 19.1. The molecule has 3 heteroatoms. The molecule has 0 amide bonds. The SMILES string of the molecule is CCCCN(C)c1c(F)cccc1[C@H](C)N. The van der Waals surface area contributed by atoms with Crippen LogP contribution in [0.3, 0.4) is 0 Å². The van der Waals surface area contributed by atoms with Crippen LogP contribution < -0.4 is 10.6 Å². The van der Waals surface area contributed by atoms with Gasteiger partial charge in [0.15, 0.2) is 0 Å². The van der Waals surface area contributed by atoms with E-state index < -0.39 is 0 Å². The molecule has 2 nitrogen and oxygen atoms in total. The highest BCUT2D eigenvalue weighted by Gasteiger charge is 2.14. The van der Waals surface area contributed by atoms with Gasteiger partial charge >= 0.3 is 0 Å². The quantitative estimate of drug-likeness (QED) is 0.832. The molecule has 0 radical (unpaired) electrons. The average Bonchev–Trinajstić information content (AvgIpc) is 2.25. The Labute approximate surface area is 97.3 Å². The summed E-state index contributed by atoms with van der Waals surface area (Å²) in [5.74, 6) is -0.187. The van der Waals surface area contributed by atoms with Gasteiger partial charge in [0.25, 0.3) is 0 Å². The van der Waals surface area contributed by atoms with Crippen molar-refractivity contribution < 1.29 is 4.39 Å². The number of hydrogen-bond donors (Lipinski definition) is 1. The molecule has 0 fully saturated rings. The van der Waals surface area contributed by atoms with Gasteiger partial charge in [-0.05, 0) is 25.0 Å². The largest absolute Gasteiger partial charge is 0.372 e. The lowest BCUT2D eigenvalue weighted by Gasteiger charge is -2.24. The van der Waals surface area contributed by atoms with E-state index in [0.29, 0.717) is 5.69 Å². The van der Waals surface area contributed by atoms with Crippen molar-refractivity contribution in [1.29, 1.82) is 0 Å². The van der Waals surface area contributed by atoms with Gasteiger partial charge in [0, 0.05) is 19.6 Å². The summed E-state index contributed by atoms with van der Waals surface area (Å²) in [6, 6.07) is 4.95. The van der Waals surface area contributed by atoms with Crippen molar-refractivity contribution in [1.82, 2.24) is 0 Å². The normalized spacial score (nSPS) is 12.6. The van der Waals surface area contributed by atoms with Crippen LogP contribution in [0.25, 0.3) is 0 Å². The summed E-state index contributed by atoms with van der Waals surface area (Å²) in [7, 11) is 1.92. The number of halogens is 1. The molecule has 16 heavy (non-hydrogen) atoms. The van der Waals surface area contributed by atoms with Crippen LogP contribution in [0.15, 0.2) is 18.2 Å². The summed E-state index contributed by atoms with van der Waals surface area (Å²) in [6.45, 7) is 4.87. The second-order valence-electron chi connectivity index (χ2n) is 4.24. The second-order valence-corrected chi connectivity index (χ2v) is 4.24. The number of nitrogens with zero attached hydrogens (tertiary/aromatic N) is 1. The minimum absolute atomic E-state index is 0.144. The van der Waals surface area contributed by atoms with Crippen molar-refractivity contribution in [2.75, 3.05) is 18.5 Å². The number of anilines is 1.